The summed E-state index contributed by atoms with van der Waals surface area (Å²) in [5, 5.41) is 0. The van der Waals surface area contributed by atoms with E-state index in [2.05, 4.69) is 0 Å². The van der Waals surface area contributed by atoms with Gasteiger partial charge in [0.05, 0.1) is 5.56 Å². The molecule has 1 aliphatic carbocycles. The summed E-state index contributed by atoms with van der Waals surface area (Å²) in [6, 6.07) is 5.60. The van der Waals surface area contributed by atoms with Crippen molar-refractivity contribution in [2.45, 2.75) is 44.9 Å². The lowest BCUT2D eigenvalue weighted by Gasteiger charge is -2.36. The standard InChI is InChI=1S/C19H19F3O/c1-12-11-18(2,3)23-16-9-5-8-15(17(12)16)13-6-4-7-14(10-13)19(20,21)22/h4-7,9-11,15H,8H2,1-3H3. The molecule has 0 radical (unpaired) electrons. The number of rotatable bonds is 1. The van der Waals surface area contributed by atoms with Gasteiger partial charge in [-0.2, -0.15) is 13.2 Å². The van der Waals surface area contributed by atoms with Gasteiger partial charge >= 0.3 is 6.18 Å². The molecule has 2 aliphatic rings. The molecular formula is C19H19F3O. The summed E-state index contributed by atoms with van der Waals surface area (Å²) in [5.41, 5.74) is 1.73. The van der Waals surface area contributed by atoms with E-state index in [0.717, 1.165) is 23.0 Å². The molecule has 0 saturated carbocycles. The van der Waals surface area contributed by atoms with Crippen LogP contribution in [0, 0.1) is 0 Å². The van der Waals surface area contributed by atoms with Gasteiger partial charge in [-0.3, -0.25) is 0 Å². The van der Waals surface area contributed by atoms with E-state index in [4.69, 9.17) is 4.74 Å². The smallest absolute Gasteiger partial charge is 0.416 e. The molecule has 23 heavy (non-hydrogen) atoms. The maximum atomic E-state index is 13.0. The molecule has 122 valence electrons. The molecule has 1 atom stereocenters. The number of benzene rings is 1. The third-order valence-corrected chi connectivity index (χ3v) is 4.23. The van der Waals surface area contributed by atoms with Crippen LogP contribution in [0.2, 0.25) is 0 Å². The molecule has 1 aromatic rings. The molecule has 1 nitrogen and oxygen atoms in total. The highest BCUT2D eigenvalue weighted by Gasteiger charge is 2.34. The Bertz CT molecular complexity index is 720. The molecule has 1 aliphatic heterocycles. The molecule has 0 bridgehead atoms. The Balaban J connectivity index is 2.04. The first-order valence-electron chi connectivity index (χ1n) is 7.64. The highest BCUT2D eigenvalue weighted by atomic mass is 19.4. The second-order valence-electron chi connectivity index (χ2n) is 6.62. The van der Waals surface area contributed by atoms with Gasteiger partial charge in [-0.25, -0.2) is 0 Å². The Labute approximate surface area is 134 Å². The number of halogens is 3. The predicted molar refractivity (Wildman–Crippen MR) is 83.9 cm³/mol. The number of allylic oxidation sites excluding steroid dienone is 4. The third kappa shape index (κ3) is 3.07. The maximum absolute atomic E-state index is 13.0. The van der Waals surface area contributed by atoms with Crippen LogP contribution in [0.5, 0.6) is 0 Å². The topological polar surface area (TPSA) is 9.23 Å². The van der Waals surface area contributed by atoms with Crippen molar-refractivity contribution in [3.05, 3.63) is 70.5 Å². The van der Waals surface area contributed by atoms with Gasteiger partial charge in [0, 0.05) is 11.5 Å². The molecule has 0 aromatic heterocycles. The van der Waals surface area contributed by atoms with Crippen LogP contribution in [0.4, 0.5) is 13.2 Å². The Morgan fingerprint density at radius 1 is 1.22 bits per heavy atom. The van der Waals surface area contributed by atoms with Crippen molar-refractivity contribution in [1.29, 1.82) is 0 Å². The fraction of sp³-hybridized carbons (Fsp3) is 0.368. The quantitative estimate of drug-likeness (QED) is 0.639. The zero-order valence-corrected chi connectivity index (χ0v) is 13.4. The van der Waals surface area contributed by atoms with Gasteiger partial charge in [-0.05, 0) is 56.5 Å². The van der Waals surface area contributed by atoms with E-state index in [-0.39, 0.29) is 5.92 Å². The zero-order valence-electron chi connectivity index (χ0n) is 13.4. The van der Waals surface area contributed by atoms with Gasteiger partial charge in [0.25, 0.3) is 0 Å². The van der Waals surface area contributed by atoms with Crippen LogP contribution >= 0.6 is 0 Å². The number of ether oxygens (including phenoxy) is 1. The first-order valence-corrected chi connectivity index (χ1v) is 7.64. The van der Waals surface area contributed by atoms with Crippen LogP contribution in [0.1, 0.15) is 44.2 Å². The zero-order chi connectivity index (χ0) is 16.8. The van der Waals surface area contributed by atoms with Crippen molar-refractivity contribution < 1.29 is 17.9 Å². The van der Waals surface area contributed by atoms with Crippen LogP contribution < -0.4 is 0 Å². The van der Waals surface area contributed by atoms with E-state index in [9.17, 15) is 13.2 Å². The van der Waals surface area contributed by atoms with Crippen LogP contribution in [0.25, 0.3) is 0 Å². The molecule has 1 unspecified atom stereocenters. The Kier molecular flexibility index (Phi) is 3.66. The van der Waals surface area contributed by atoms with Crippen LogP contribution in [0.15, 0.2) is 59.4 Å². The normalized spacial score (nSPS) is 23.2. The Morgan fingerprint density at radius 2 is 1.96 bits per heavy atom. The number of hydrogen-bond donors (Lipinski definition) is 0. The van der Waals surface area contributed by atoms with E-state index in [1.807, 2.05) is 39.0 Å². The van der Waals surface area contributed by atoms with Gasteiger partial charge in [-0.15, -0.1) is 0 Å². The summed E-state index contributed by atoms with van der Waals surface area (Å²) in [6.07, 6.45) is 2.28. The van der Waals surface area contributed by atoms with Crippen molar-refractivity contribution in [2.24, 2.45) is 0 Å². The molecule has 1 heterocycles. The average molecular weight is 320 g/mol. The molecule has 0 N–H and O–H groups in total. The molecule has 3 rings (SSSR count). The molecular weight excluding hydrogens is 301 g/mol. The summed E-state index contributed by atoms with van der Waals surface area (Å²) < 4.78 is 44.9. The minimum atomic E-state index is -4.33. The van der Waals surface area contributed by atoms with E-state index in [1.54, 1.807) is 6.07 Å². The van der Waals surface area contributed by atoms with Gasteiger partial charge in [0.15, 0.2) is 0 Å². The number of alkyl halides is 3. The molecule has 0 amide bonds. The lowest BCUT2D eigenvalue weighted by atomic mass is 9.78. The average Bonchev–Trinajstić information content (AvgIpc) is 2.44. The van der Waals surface area contributed by atoms with E-state index >= 15 is 0 Å². The molecule has 0 saturated heterocycles. The first kappa shape index (κ1) is 15.9. The van der Waals surface area contributed by atoms with Crippen molar-refractivity contribution >= 4 is 0 Å². The maximum Gasteiger partial charge on any atom is 0.416 e. The highest BCUT2D eigenvalue weighted by Crippen LogP contribution is 2.44. The van der Waals surface area contributed by atoms with E-state index < -0.39 is 17.3 Å². The lowest BCUT2D eigenvalue weighted by Crippen LogP contribution is -2.28. The minimum absolute atomic E-state index is 0.107. The monoisotopic (exact) mass is 320 g/mol. The van der Waals surface area contributed by atoms with Crippen molar-refractivity contribution in [2.75, 3.05) is 0 Å². The van der Waals surface area contributed by atoms with Gasteiger partial charge < -0.3 is 4.74 Å². The Morgan fingerprint density at radius 3 is 2.65 bits per heavy atom. The Hall–Kier alpha value is -1.97. The van der Waals surface area contributed by atoms with Crippen LogP contribution in [-0.2, 0) is 10.9 Å². The third-order valence-electron chi connectivity index (χ3n) is 4.23. The highest BCUT2D eigenvalue weighted by molar-refractivity contribution is 5.50. The first-order chi connectivity index (χ1) is 10.7. The van der Waals surface area contributed by atoms with Gasteiger partial charge in [0.2, 0.25) is 0 Å². The molecule has 4 heteroatoms. The van der Waals surface area contributed by atoms with Crippen LogP contribution in [0.3, 0.4) is 0 Å². The summed E-state index contributed by atoms with van der Waals surface area (Å²) in [6.45, 7) is 5.95. The van der Waals surface area contributed by atoms with Crippen molar-refractivity contribution in [1.82, 2.24) is 0 Å². The fourth-order valence-corrected chi connectivity index (χ4v) is 3.40. The molecule has 1 aromatic carbocycles. The second kappa shape index (κ2) is 5.29. The minimum Gasteiger partial charge on any atom is -0.483 e. The molecule has 0 spiro atoms. The van der Waals surface area contributed by atoms with Crippen LogP contribution in [-0.4, -0.2) is 5.60 Å². The van der Waals surface area contributed by atoms with E-state index in [0.29, 0.717) is 12.0 Å². The summed E-state index contributed by atoms with van der Waals surface area (Å²) in [5.74, 6) is 0.660. The van der Waals surface area contributed by atoms with E-state index in [1.165, 1.54) is 12.1 Å². The second-order valence-corrected chi connectivity index (χ2v) is 6.62. The molecule has 0 fully saturated rings. The fourth-order valence-electron chi connectivity index (χ4n) is 3.40. The van der Waals surface area contributed by atoms with Crippen molar-refractivity contribution in [3.8, 4) is 0 Å². The largest absolute Gasteiger partial charge is 0.483 e. The van der Waals surface area contributed by atoms with Gasteiger partial charge in [-0.1, -0.05) is 24.3 Å². The summed E-state index contributed by atoms with van der Waals surface area (Å²) in [7, 11) is 0. The SMILES string of the molecule is CC1=CC(C)(C)OC2=C1C(c1cccc(C(F)(F)F)c1)CC=C2. The summed E-state index contributed by atoms with van der Waals surface area (Å²) >= 11 is 0. The lowest BCUT2D eigenvalue weighted by molar-refractivity contribution is -0.137. The van der Waals surface area contributed by atoms with Gasteiger partial charge in [0.1, 0.15) is 11.4 Å². The predicted octanol–water partition coefficient (Wildman–Crippen LogP) is 5.76. The van der Waals surface area contributed by atoms with Crippen molar-refractivity contribution in [3.63, 3.8) is 0 Å². The number of hydrogen-bond acceptors (Lipinski definition) is 1. The summed E-state index contributed by atoms with van der Waals surface area (Å²) in [4.78, 5) is 0.